The van der Waals surface area contributed by atoms with Crippen LogP contribution in [0.25, 0.3) is 0 Å². The first-order valence-corrected chi connectivity index (χ1v) is 6.73. The van der Waals surface area contributed by atoms with E-state index in [1.54, 1.807) is 6.92 Å². The van der Waals surface area contributed by atoms with E-state index < -0.39 is 7.68 Å². The highest BCUT2D eigenvalue weighted by Crippen LogP contribution is 2.45. The molecule has 0 bridgehead atoms. The minimum atomic E-state index is -3.79. The second kappa shape index (κ2) is 5.77. The van der Waals surface area contributed by atoms with Crippen LogP contribution < -0.4 is 0 Å². The molecule has 0 fully saturated rings. The first-order chi connectivity index (χ1) is 5.81. The molecule has 0 aliphatic heterocycles. The van der Waals surface area contributed by atoms with E-state index in [0.717, 1.165) is 25.9 Å². The molecule has 0 rings (SSSR count). The van der Waals surface area contributed by atoms with Crippen LogP contribution in [-0.4, -0.2) is 12.8 Å². The molecule has 2 atom stereocenters. The van der Waals surface area contributed by atoms with E-state index in [2.05, 4.69) is 13.8 Å². The molecule has 0 aromatic heterocycles. The maximum atomic E-state index is 12.6. The number of rotatable bonds is 6. The van der Waals surface area contributed by atoms with E-state index in [4.69, 9.17) is 4.52 Å². The van der Waals surface area contributed by atoms with Gasteiger partial charge in [0.25, 0.3) is 0 Å². The van der Waals surface area contributed by atoms with Gasteiger partial charge in [-0.15, -0.1) is 0 Å². The van der Waals surface area contributed by atoms with Crippen molar-refractivity contribution >= 4 is 7.68 Å². The standard InChI is InChI=1S/C9H20FO2P/c1-8(2)6-5-7-9(3)12-13(4,10)11/h8-9H,5-7H2,1-4H3. The molecular formula is C9H20FO2P. The maximum absolute atomic E-state index is 12.6. The number of hydrogen-bond donors (Lipinski definition) is 0. The Morgan fingerprint density at radius 1 is 1.31 bits per heavy atom. The third-order valence-electron chi connectivity index (χ3n) is 1.76. The molecule has 0 aliphatic rings. The van der Waals surface area contributed by atoms with Gasteiger partial charge in [-0.25, -0.2) is 0 Å². The Morgan fingerprint density at radius 3 is 2.23 bits per heavy atom. The van der Waals surface area contributed by atoms with Crippen LogP contribution in [0.2, 0.25) is 0 Å². The molecule has 2 nitrogen and oxygen atoms in total. The summed E-state index contributed by atoms with van der Waals surface area (Å²) in [5, 5.41) is 0. The summed E-state index contributed by atoms with van der Waals surface area (Å²) in [5.41, 5.74) is 0. The summed E-state index contributed by atoms with van der Waals surface area (Å²) in [6.45, 7) is 7.05. The second-order valence-electron chi connectivity index (χ2n) is 3.99. The predicted molar refractivity (Wildman–Crippen MR) is 53.9 cm³/mol. The van der Waals surface area contributed by atoms with Crippen molar-refractivity contribution in [2.24, 2.45) is 5.92 Å². The van der Waals surface area contributed by atoms with Gasteiger partial charge < -0.3 is 4.52 Å². The zero-order valence-electron chi connectivity index (χ0n) is 8.92. The Balaban J connectivity index is 3.52. The first-order valence-electron chi connectivity index (χ1n) is 4.77. The molecule has 0 spiro atoms. The number of hydrogen-bond acceptors (Lipinski definition) is 2. The molecule has 13 heavy (non-hydrogen) atoms. The van der Waals surface area contributed by atoms with Crippen molar-refractivity contribution in [2.45, 2.75) is 46.1 Å². The van der Waals surface area contributed by atoms with Gasteiger partial charge in [0.15, 0.2) is 0 Å². The third-order valence-corrected chi connectivity index (χ3v) is 2.50. The van der Waals surface area contributed by atoms with Gasteiger partial charge in [0.2, 0.25) is 0 Å². The van der Waals surface area contributed by atoms with Crippen LogP contribution in [0.4, 0.5) is 4.20 Å². The molecule has 80 valence electrons. The lowest BCUT2D eigenvalue weighted by atomic mass is 10.1. The fraction of sp³-hybridized carbons (Fsp3) is 1.00. The third kappa shape index (κ3) is 10.0. The van der Waals surface area contributed by atoms with Crippen molar-refractivity contribution in [3.63, 3.8) is 0 Å². The highest BCUT2D eigenvalue weighted by atomic mass is 31.2. The van der Waals surface area contributed by atoms with Crippen molar-refractivity contribution in [1.82, 2.24) is 0 Å². The van der Waals surface area contributed by atoms with Crippen LogP contribution >= 0.6 is 7.68 Å². The molecule has 0 saturated heterocycles. The largest absolute Gasteiger partial charge is 0.364 e. The van der Waals surface area contributed by atoms with Crippen molar-refractivity contribution in [3.05, 3.63) is 0 Å². The van der Waals surface area contributed by atoms with Crippen LogP contribution in [0.15, 0.2) is 0 Å². The van der Waals surface area contributed by atoms with E-state index in [-0.39, 0.29) is 6.10 Å². The minimum Gasteiger partial charge on any atom is -0.303 e. The summed E-state index contributed by atoms with van der Waals surface area (Å²) in [5.74, 6) is 0.658. The molecule has 2 unspecified atom stereocenters. The van der Waals surface area contributed by atoms with E-state index >= 15 is 0 Å². The molecule has 4 heteroatoms. The van der Waals surface area contributed by atoms with Gasteiger partial charge in [-0.1, -0.05) is 26.7 Å². The SMILES string of the molecule is CC(C)CCCC(C)OP(C)(=O)F. The predicted octanol–water partition coefficient (Wildman–Crippen LogP) is 4.01. The average Bonchev–Trinajstić information content (AvgIpc) is 1.81. The Kier molecular flexibility index (Phi) is 5.82. The molecular weight excluding hydrogens is 190 g/mol. The van der Waals surface area contributed by atoms with E-state index in [1.165, 1.54) is 0 Å². The summed E-state index contributed by atoms with van der Waals surface area (Å²) in [6.07, 6.45) is 2.65. The van der Waals surface area contributed by atoms with Gasteiger partial charge in [0.1, 0.15) is 0 Å². The molecule has 0 aromatic rings. The summed E-state index contributed by atoms with van der Waals surface area (Å²) >= 11 is 0. The Hall–Kier alpha value is 0.120. The Morgan fingerprint density at radius 2 is 1.85 bits per heavy atom. The molecule has 0 saturated carbocycles. The fourth-order valence-corrected chi connectivity index (χ4v) is 1.94. The lowest BCUT2D eigenvalue weighted by Gasteiger charge is -2.13. The van der Waals surface area contributed by atoms with E-state index in [1.807, 2.05) is 0 Å². The van der Waals surface area contributed by atoms with Gasteiger partial charge in [0, 0.05) is 6.66 Å². The highest BCUT2D eigenvalue weighted by Gasteiger charge is 2.17. The van der Waals surface area contributed by atoms with Gasteiger partial charge in [0.05, 0.1) is 6.10 Å². The normalized spacial score (nSPS) is 18.6. The summed E-state index contributed by atoms with van der Waals surface area (Å²) < 4.78 is 27.9. The zero-order chi connectivity index (χ0) is 10.5. The van der Waals surface area contributed by atoms with Crippen molar-refractivity contribution < 1.29 is 13.3 Å². The smallest absolute Gasteiger partial charge is 0.303 e. The molecule has 0 heterocycles. The van der Waals surface area contributed by atoms with E-state index in [0.29, 0.717) is 5.92 Å². The fourth-order valence-electron chi connectivity index (χ4n) is 1.19. The topological polar surface area (TPSA) is 26.3 Å². The van der Waals surface area contributed by atoms with Crippen LogP contribution in [0.5, 0.6) is 0 Å². The second-order valence-corrected chi connectivity index (χ2v) is 5.69. The van der Waals surface area contributed by atoms with Gasteiger partial charge in [-0.05, 0) is 19.3 Å². The van der Waals surface area contributed by atoms with E-state index in [9.17, 15) is 8.76 Å². The molecule has 0 aromatic carbocycles. The summed E-state index contributed by atoms with van der Waals surface area (Å²) in [7, 11) is -3.79. The highest BCUT2D eigenvalue weighted by molar-refractivity contribution is 7.52. The molecule has 0 amide bonds. The van der Waals surface area contributed by atoms with Crippen molar-refractivity contribution in [2.75, 3.05) is 6.66 Å². The maximum Gasteiger partial charge on any atom is 0.364 e. The quantitative estimate of drug-likeness (QED) is 0.619. The van der Waals surface area contributed by atoms with Crippen LogP contribution in [0.1, 0.15) is 40.0 Å². The lowest BCUT2D eigenvalue weighted by molar-refractivity contribution is 0.194. The monoisotopic (exact) mass is 210 g/mol. The Labute approximate surface area is 80.4 Å². The van der Waals surface area contributed by atoms with Crippen LogP contribution in [0.3, 0.4) is 0 Å². The van der Waals surface area contributed by atoms with Crippen LogP contribution in [0, 0.1) is 5.92 Å². The molecule has 0 aliphatic carbocycles. The first kappa shape index (κ1) is 13.1. The summed E-state index contributed by atoms with van der Waals surface area (Å²) in [6, 6.07) is 0. The molecule has 0 radical (unpaired) electrons. The summed E-state index contributed by atoms with van der Waals surface area (Å²) in [4.78, 5) is 0. The van der Waals surface area contributed by atoms with Gasteiger partial charge in [-0.3, -0.25) is 4.57 Å². The van der Waals surface area contributed by atoms with Crippen molar-refractivity contribution in [3.8, 4) is 0 Å². The average molecular weight is 210 g/mol. The molecule has 0 N–H and O–H groups in total. The lowest BCUT2D eigenvalue weighted by Crippen LogP contribution is -2.05. The minimum absolute atomic E-state index is 0.236. The number of halogens is 1. The van der Waals surface area contributed by atoms with Gasteiger partial charge in [-0.2, -0.15) is 4.20 Å². The van der Waals surface area contributed by atoms with Crippen LogP contribution in [-0.2, 0) is 9.09 Å². The van der Waals surface area contributed by atoms with Gasteiger partial charge >= 0.3 is 7.68 Å². The zero-order valence-corrected chi connectivity index (χ0v) is 9.81. The van der Waals surface area contributed by atoms with Crippen molar-refractivity contribution in [1.29, 1.82) is 0 Å². The Bertz CT molecular complexity index is 176.